The van der Waals surface area contributed by atoms with Crippen LogP contribution < -0.4 is 0 Å². The number of nitrogens with zero attached hydrogens (tertiary/aromatic N) is 1. The molecule has 0 amide bonds. The summed E-state index contributed by atoms with van der Waals surface area (Å²) in [6.45, 7) is -0.233. The summed E-state index contributed by atoms with van der Waals surface area (Å²) in [4.78, 5) is -1.01. The second-order valence-corrected chi connectivity index (χ2v) is 9.12. The summed E-state index contributed by atoms with van der Waals surface area (Å²) >= 11 is 0. The second kappa shape index (κ2) is 4.22. The van der Waals surface area contributed by atoms with Crippen LogP contribution in [0.3, 0.4) is 0 Å². The maximum absolute atomic E-state index is 13.6. The molecule has 0 spiro atoms. The monoisotopic (exact) mass is 323 g/mol. The lowest BCUT2D eigenvalue weighted by atomic mass is 10.3. The normalized spacial score (nSPS) is 28.9. The minimum Gasteiger partial charge on any atom is -0.228 e. The van der Waals surface area contributed by atoms with Crippen molar-refractivity contribution in [3.05, 3.63) is 29.8 Å². The number of hydrogen-bond donors (Lipinski definition) is 0. The molecule has 2 aliphatic rings. The van der Waals surface area contributed by atoms with Gasteiger partial charge in [0.25, 0.3) is 0 Å². The van der Waals surface area contributed by atoms with Gasteiger partial charge in [-0.25, -0.2) is 25.6 Å². The molecule has 2 aliphatic heterocycles. The molecule has 5 nitrogen and oxygen atoms in total. The first-order valence-electron chi connectivity index (χ1n) is 5.91. The molecule has 0 aromatic heterocycles. The molecule has 1 aromatic carbocycles. The molecule has 0 radical (unpaired) electrons. The van der Waals surface area contributed by atoms with Crippen molar-refractivity contribution in [2.75, 3.05) is 12.3 Å². The number of halogens is 2. The van der Waals surface area contributed by atoms with Crippen LogP contribution in [-0.4, -0.2) is 44.7 Å². The van der Waals surface area contributed by atoms with Gasteiger partial charge in [-0.05, 0) is 18.6 Å². The van der Waals surface area contributed by atoms with E-state index in [1.807, 2.05) is 0 Å². The zero-order chi connectivity index (χ0) is 14.7. The Balaban J connectivity index is 2.04. The van der Waals surface area contributed by atoms with Crippen LogP contribution in [0.5, 0.6) is 0 Å². The third kappa shape index (κ3) is 1.87. The molecule has 0 N–H and O–H groups in total. The maximum atomic E-state index is 13.6. The molecule has 2 atom stereocenters. The van der Waals surface area contributed by atoms with E-state index < -0.39 is 47.7 Å². The van der Waals surface area contributed by atoms with Crippen LogP contribution >= 0.6 is 0 Å². The lowest BCUT2D eigenvalue weighted by molar-refractivity contribution is 0.394. The molecular weight excluding hydrogens is 312 g/mol. The van der Waals surface area contributed by atoms with Crippen molar-refractivity contribution in [3.63, 3.8) is 0 Å². The lowest BCUT2D eigenvalue weighted by Gasteiger charge is -2.26. The number of rotatable bonds is 2. The van der Waals surface area contributed by atoms with Gasteiger partial charge in [0.2, 0.25) is 10.0 Å². The van der Waals surface area contributed by atoms with Gasteiger partial charge in [-0.2, -0.15) is 4.31 Å². The zero-order valence-corrected chi connectivity index (χ0v) is 11.8. The van der Waals surface area contributed by atoms with Gasteiger partial charge in [0.05, 0.1) is 11.0 Å². The van der Waals surface area contributed by atoms with Crippen LogP contribution in [0, 0.1) is 11.6 Å². The smallest absolute Gasteiger partial charge is 0.228 e. The predicted molar refractivity (Wildman–Crippen MR) is 66.2 cm³/mol. The SMILES string of the molecule is O=S1(=O)CC2CC1CN2S(=O)(=O)c1c(F)cccc1F. The van der Waals surface area contributed by atoms with Gasteiger partial charge >= 0.3 is 0 Å². The maximum Gasteiger partial charge on any atom is 0.249 e. The number of fused-ring (bicyclic) bond motifs is 2. The van der Waals surface area contributed by atoms with Gasteiger partial charge in [-0.15, -0.1) is 0 Å². The molecule has 110 valence electrons. The van der Waals surface area contributed by atoms with Gasteiger partial charge in [0.1, 0.15) is 11.6 Å². The Kier molecular flexibility index (Phi) is 2.93. The van der Waals surface area contributed by atoms with Gasteiger partial charge < -0.3 is 0 Å². The van der Waals surface area contributed by atoms with Crippen molar-refractivity contribution in [1.82, 2.24) is 4.31 Å². The first kappa shape index (κ1) is 13.9. The first-order chi connectivity index (χ1) is 9.23. The molecule has 1 aromatic rings. The molecule has 2 unspecified atom stereocenters. The van der Waals surface area contributed by atoms with E-state index in [0.29, 0.717) is 0 Å². The van der Waals surface area contributed by atoms with Gasteiger partial charge in [-0.1, -0.05) is 6.07 Å². The second-order valence-electron chi connectivity index (χ2n) is 4.97. The molecule has 2 bridgehead atoms. The molecular formula is C11H11F2NO4S2. The average molecular weight is 323 g/mol. The van der Waals surface area contributed by atoms with Crippen molar-refractivity contribution >= 4 is 19.9 Å². The van der Waals surface area contributed by atoms with Crippen molar-refractivity contribution in [2.45, 2.75) is 22.6 Å². The van der Waals surface area contributed by atoms with Crippen LogP contribution in [0.25, 0.3) is 0 Å². The number of benzene rings is 1. The van der Waals surface area contributed by atoms with Crippen LogP contribution in [-0.2, 0) is 19.9 Å². The van der Waals surface area contributed by atoms with E-state index in [9.17, 15) is 25.6 Å². The highest BCUT2D eigenvalue weighted by Gasteiger charge is 2.53. The minimum absolute atomic E-state index is 0.192. The van der Waals surface area contributed by atoms with E-state index >= 15 is 0 Å². The number of hydrogen-bond acceptors (Lipinski definition) is 4. The van der Waals surface area contributed by atoms with Gasteiger partial charge in [0.15, 0.2) is 14.7 Å². The summed E-state index contributed by atoms with van der Waals surface area (Å²) in [6, 6.07) is 2.07. The Hall–Kier alpha value is -1.06. The molecule has 3 rings (SSSR count). The summed E-state index contributed by atoms with van der Waals surface area (Å²) in [5.74, 6) is -2.63. The summed E-state index contributed by atoms with van der Waals surface area (Å²) in [5, 5.41) is -0.767. The Bertz CT molecular complexity index is 755. The largest absolute Gasteiger partial charge is 0.249 e. The van der Waals surface area contributed by atoms with E-state index in [4.69, 9.17) is 0 Å². The van der Waals surface area contributed by atoms with Crippen LogP contribution in [0.15, 0.2) is 23.1 Å². The third-order valence-electron chi connectivity index (χ3n) is 3.74. The summed E-state index contributed by atoms with van der Waals surface area (Å²) in [7, 11) is -7.64. The lowest BCUT2D eigenvalue weighted by Crippen LogP contribution is -2.44. The highest BCUT2D eigenvalue weighted by atomic mass is 32.2. The fourth-order valence-corrected chi connectivity index (χ4v) is 6.81. The highest BCUT2D eigenvalue weighted by Crippen LogP contribution is 2.37. The topological polar surface area (TPSA) is 71.5 Å². The van der Waals surface area contributed by atoms with Gasteiger partial charge in [0, 0.05) is 12.6 Å². The molecule has 2 saturated heterocycles. The van der Waals surface area contributed by atoms with Crippen molar-refractivity contribution < 1.29 is 25.6 Å². The quantitative estimate of drug-likeness (QED) is 0.796. The molecule has 2 heterocycles. The Morgan fingerprint density at radius 2 is 1.80 bits per heavy atom. The van der Waals surface area contributed by atoms with E-state index in [-0.39, 0.29) is 18.7 Å². The highest BCUT2D eigenvalue weighted by molar-refractivity contribution is 7.93. The molecule has 20 heavy (non-hydrogen) atoms. The summed E-state index contributed by atoms with van der Waals surface area (Å²) in [6.07, 6.45) is 0.192. The zero-order valence-electron chi connectivity index (χ0n) is 10.2. The minimum atomic E-state index is -4.36. The van der Waals surface area contributed by atoms with Crippen LogP contribution in [0.2, 0.25) is 0 Å². The fourth-order valence-electron chi connectivity index (χ4n) is 2.80. The number of sulfone groups is 1. The van der Waals surface area contributed by atoms with E-state index in [1.54, 1.807) is 0 Å². The van der Waals surface area contributed by atoms with Crippen molar-refractivity contribution in [3.8, 4) is 0 Å². The average Bonchev–Trinajstić information content (AvgIpc) is 2.83. The Morgan fingerprint density at radius 3 is 2.25 bits per heavy atom. The van der Waals surface area contributed by atoms with E-state index in [0.717, 1.165) is 22.5 Å². The molecule has 2 fully saturated rings. The molecule has 0 aliphatic carbocycles. The Morgan fingerprint density at radius 1 is 1.20 bits per heavy atom. The van der Waals surface area contributed by atoms with E-state index in [2.05, 4.69) is 0 Å². The van der Waals surface area contributed by atoms with Crippen molar-refractivity contribution in [2.24, 2.45) is 0 Å². The molecule has 9 heteroatoms. The Labute approximate surface area is 115 Å². The fraction of sp³-hybridized carbons (Fsp3) is 0.455. The van der Waals surface area contributed by atoms with Gasteiger partial charge in [-0.3, -0.25) is 0 Å². The van der Waals surface area contributed by atoms with Crippen LogP contribution in [0.1, 0.15) is 6.42 Å². The van der Waals surface area contributed by atoms with Crippen molar-refractivity contribution in [1.29, 1.82) is 0 Å². The first-order valence-corrected chi connectivity index (χ1v) is 9.06. The van der Waals surface area contributed by atoms with E-state index in [1.165, 1.54) is 0 Å². The number of sulfonamides is 1. The van der Waals surface area contributed by atoms with Crippen LogP contribution in [0.4, 0.5) is 8.78 Å². The molecule has 0 saturated carbocycles. The summed E-state index contributed by atoms with van der Waals surface area (Å²) in [5.41, 5.74) is 0. The predicted octanol–water partition coefficient (Wildman–Crippen LogP) is 0.525. The third-order valence-corrected chi connectivity index (χ3v) is 7.92. The summed E-state index contributed by atoms with van der Waals surface area (Å²) < 4.78 is 76.0. The standard InChI is InChI=1S/C11H11F2NO4S2/c12-9-2-1-3-10(13)11(9)20(17,18)14-5-8-4-7(14)6-19(8,15)16/h1-3,7-8H,4-6H2.